The number of H-pyrrole nitrogens is 1. The van der Waals surface area contributed by atoms with E-state index in [1.165, 1.54) is 0 Å². The number of nitrogens with zero attached hydrogens (tertiary/aromatic N) is 1. The van der Waals surface area contributed by atoms with Crippen LogP contribution in [-0.2, 0) is 16.4 Å². The first-order valence-electron chi connectivity index (χ1n) is 4.27. The van der Waals surface area contributed by atoms with Crippen LogP contribution < -0.4 is 4.72 Å². The number of imidazole rings is 1. The predicted molar refractivity (Wildman–Crippen MR) is 49.8 cm³/mol. The summed E-state index contributed by atoms with van der Waals surface area (Å²) in [4.78, 5) is 6.73. The largest absolute Gasteiger partial charge is 0.350 e. The molecular weight excluding hydrogens is 228 g/mol. The highest BCUT2D eigenvalue weighted by molar-refractivity contribution is 7.89. The monoisotopic (exact) mass is 239 g/mol. The molecule has 0 amide bonds. The topological polar surface area (TPSA) is 74.8 Å². The van der Waals surface area contributed by atoms with Gasteiger partial charge in [0, 0.05) is 25.4 Å². The molecule has 1 rings (SSSR count). The first-order chi connectivity index (χ1) is 7.02. The lowest BCUT2D eigenvalue weighted by atomic mass is 10.3. The molecule has 0 fully saturated rings. The molecular formula is C7H11F2N3O2S. The van der Waals surface area contributed by atoms with Crippen molar-refractivity contribution in [3.63, 3.8) is 0 Å². The van der Waals surface area contributed by atoms with Crippen LogP contribution >= 0.6 is 0 Å². The standard InChI is InChI=1S/C7H11F2N3O2S/c8-7(9)15(13,14)12-3-1-2-6-10-4-5-11-6/h4-5,7,12H,1-3H2,(H,10,11). The molecule has 0 saturated heterocycles. The molecule has 0 aliphatic carbocycles. The number of rotatable bonds is 6. The number of hydrogen-bond acceptors (Lipinski definition) is 3. The van der Waals surface area contributed by atoms with Gasteiger partial charge in [0.2, 0.25) is 0 Å². The van der Waals surface area contributed by atoms with Gasteiger partial charge in [0.05, 0.1) is 0 Å². The van der Waals surface area contributed by atoms with Gasteiger partial charge in [-0.05, 0) is 6.42 Å². The van der Waals surface area contributed by atoms with Crippen molar-refractivity contribution in [3.8, 4) is 0 Å². The molecule has 86 valence electrons. The zero-order chi connectivity index (χ0) is 11.3. The van der Waals surface area contributed by atoms with Crippen molar-refractivity contribution in [2.45, 2.75) is 18.6 Å². The molecule has 0 bridgehead atoms. The fourth-order valence-electron chi connectivity index (χ4n) is 0.968. The van der Waals surface area contributed by atoms with Crippen molar-refractivity contribution in [2.24, 2.45) is 0 Å². The zero-order valence-corrected chi connectivity index (χ0v) is 8.60. The van der Waals surface area contributed by atoms with E-state index in [1.807, 2.05) is 0 Å². The maximum atomic E-state index is 11.8. The van der Waals surface area contributed by atoms with Gasteiger partial charge in [-0.25, -0.2) is 18.1 Å². The highest BCUT2D eigenvalue weighted by Gasteiger charge is 2.22. The van der Waals surface area contributed by atoms with E-state index in [9.17, 15) is 17.2 Å². The average Bonchev–Trinajstić information content (AvgIpc) is 2.64. The summed E-state index contributed by atoms with van der Waals surface area (Å²) in [6, 6.07) is 0. The van der Waals surface area contributed by atoms with Crippen LogP contribution in [0.5, 0.6) is 0 Å². The van der Waals surface area contributed by atoms with Crippen LogP contribution in [0.15, 0.2) is 12.4 Å². The molecule has 1 aromatic heterocycles. The molecule has 0 unspecified atom stereocenters. The molecule has 0 aliphatic heterocycles. The van der Waals surface area contributed by atoms with Crippen LogP contribution in [0.1, 0.15) is 12.2 Å². The molecule has 1 heterocycles. The number of aromatic amines is 1. The first-order valence-corrected chi connectivity index (χ1v) is 5.82. The van der Waals surface area contributed by atoms with Gasteiger partial charge in [0.1, 0.15) is 5.82 Å². The Balaban J connectivity index is 2.23. The Morgan fingerprint density at radius 1 is 1.53 bits per heavy atom. The van der Waals surface area contributed by atoms with E-state index in [2.05, 4.69) is 9.97 Å². The van der Waals surface area contributed by atoms with Gasteiger partial charge in [0.15, 0.2) is 0 Å². The lowest BCUT2D eigenvalue weighted by molar-refractivity contribution is 0.232. The normalized spacial score (nSPS) is 12.2. The molecule has 0 aliphatic rings. The second kappa shape index (κ2) is 5.17. The quantitative estimate of drug-likeness (QED) is 0.709. The van der Waals surface area contributed by atoms with E-state index in [1.54, 1.807) is 17.1 Å². The van der Waals surface area contributed by atoms with Crippen molar-refractivity contribution in [1.29, 1.82) is 0 Å². The van der Waals surface area contributed by atoms with Crippen molar-refractivity contribution < 1.29 is 17.2 Å². The summed E-state index contributed by atoms with van der Waals surface area (Å²) < 4.78 is 46.7. The highest BCUT2D eigenvalue weighted by atomic mass is 32.2. The molecule has 15 heavy (non-hydrogen) atoms. The average molecular weight is 239 g/mol. The summed E-state index contributed by atoms with van der Waals surface area (Å²) in [5.74, 6) is -2.67. The summed E-state index contributed by atoms with van der Waals surface area (Å²) in [6.45, 7) is -0.0205. The van der Waals surface area contributed by atoms with Gasteiger partial charge in [-0.3, -0.25) is 0 Å². The third kappa shape index (κ3) is 3.92. The van der Waals surface area contributed by atoms with E-state index < -0.39 is 15.8 Å². The van der Waals surface area contributed by atoms with Gasteiger partial charge < -0.3 is 4.98 Å². The van der Waals surface area contributed by atoms with E-state index >= 15 is 0 Å². The van der Waals surface area contributed by atoms with E-state index in [4.69, 9.17) is 0 Å². The summed E-state index contributed by atoms with van der Waals surface area (Å²) in [5, 5.41) is 0. The third-order valence-electron chi connectivity index (χ3n) is 1.68. The van der Waals surface area contributed by atoms with Crippen LogP contribution in [0, 0.1) is 0 Å². The Morgan fingerprint density at radius 3 is 2.80 bits per heavy atom. The zero-order valence-electron chi connectivity index (χ0n) is 7.78. The summed E-state index contributed by atoms with van der Waals surface area (Å²) in [7, 11) is -4.45. The fraction of sp³-hybridized carbons (Fsp3) is 0.571. The number of nitrogens with one attached hydrogen (secondary N) is 2. The van der Waals surface area contributed by atoms with Gasteiger partial charge in [-0.15, -0.1) is 0 Å². The Bertz CT molecular complexity index is 377. The van der Waals surface area contributed by atoms with Gasteiger partial charge in [0.25, 0.3) is 10.0 Å². The van der Waals surface area contributed by atoms with Crippen LogP contribution in [0.2, 0.25) is 0 Å². The Hall–Kier alpha value is -1.02. The Labute approximate surface area is 86.0 Å². The van der Waals surface area contributed by atoms with Crippen molar-refractivity contribution in [2.75, 3.05) is 6.54 Å². The number of aryl methyl sites for hydroxylation is 1. The SMILES string of the molecule is O=S(=O)(NCCCc1ncc[nH]1)C(F)F. The molecule has 1 aromatic rings. The number of halogens is 2. The lowest BCUT2D eigenvalue weighted by Crippen LogP contribution is -2.30. The molecule has 0 aromatic carbocycles. The molecule has 2 N–H and O–H groups in total. The molecule has 0 spiro atoms. The van der Waals surface area contributed by atoms with Crippen molar-refractivity contribution in [3.05, 3.63) is 18.2 Å². The lowest BCUT2D eigenvalue weighted by Gasteiger charge is -2.04. The molecule has 0 saturated carbocycles. The van der Waals surface area contributed by atoms with E-state index in [0.29, 0.717) is 18.7 Å². The fourth-order valence-corrected chi connectivity index (χ4v) is 1.52. The van der Waals surface area contributed by atoms with Crippen LogP contribution in [-0.4, -0.2) is 30.7 Å². The summed E-state index contributed by atoms with van der Waals surface area (Å²) in [6.07, 6.45) is 4.13. The minimum Gasteiger partial charge on any atom is -0.349 e. The molecule has 5 nitrogen and oxygen atoms in total. The predicted octanol–water partition coefficient (Wildman–Crippen LogP) is 0.484. The van der Waals surface area contributed by atoms with Crippen LogP contribution in [0.25, 0.3) is 0 Å². The minimum absolute atomic E-state index is 0.0205. The van der Waals surface area contributed by atoms with Gasteiger partial charge >= 0.3 is 5.76 Å². The van der Waals surface area contributed by atoms with Crippen molar-refractivity contribution in [1.82, 2.24) is 14.7 Å². The molecule has 8 heteroatoms. The second-order valence-corrected chi connectivity index (χ2v) is 4.57. The Kier molecular flexibility index (Phi) is 4.15. The summed E-state index contributed by atoms with van der Waals surface area (Å²) >= 11 is 0. The molecule has 0 atom stereocenters. The number of sulfonamides is 1. The maximum absolute atomic E-state index is 11.8. The third-order valence-corrected chi connectivity index (χ3v) is 2.76. The molecule has 0 radical (unpaired) electrons. The Morgan fingerprint density at radius 2 is 2.27 bits per heavy atom. The highest BCUT2D eigenvalue weighted by Crippen LogP contribution is 2.02. The minimum atomic E-state index is -4.45. The smallest absolute Gasteiger partial charge is 0.349 e. The van der Waals surface area contributed by atoms with Crippen LogP contribution in [0.4, 0.5) is 8.78 Å². The number of alkyl halides is 2. The second-order valence-electron chi connectivity index (χ2n) is 2.84. The number of hydrogen-bond donors (Lipinski definition) is 2. The van der Waals surface area contributed by atoms with E-state index in [0.717, 1.165) is 0 Å². The van der Waals surface area contributed by atoms with Crippen LogP contribution in [0.3, 0.4) is 0 Å². The van der Waals surface area contributed by atoms with Crippen molar-refractivity contribution >= 4 is 10.0 Å². The maximum Gasteiger partial charge on any atom is 0.350 e. The van der Waals surface area contributed by atoms with Gasteiger partial charge in [-0.1, -0.05) is 0 Å². The number of aromatic nitrogens is 2. The van der Waals surface area contributed by atoms with Gasteiger partial charge in [-0.2, -0.15) is 8.78 Å². The first kappa shape index (κ1) is 12.1. The van der Waals surface area contributed by atoms with E-state index in [-0.39, 0.29) is 6.54 Å². The summed E-state index contributed by atoms with van der Waals surface area (Å²) in [5.41, 5.74) is 0.